The van der Waals surface area contributed by atoms with Gasteiger partial charge in [0, 0.05) is 17.4 Å². The lowest BCUT2D eigenvalue weighted by molar-refractivity contribution is 0.458. The third-order valence-electron chi connectivity index (χ3n) is 5.01. The molecule has 1 unspecified atom stereocenters. The Morgan fingerprint density at radius 2 is 1.73 bits per heavy atom. The van der Waals surface area contributed by atoms with Gasteiger partial charge in [0.15, 0.2) is 0 Å². The maximum absolute atomic E-state index is 12.4. The molecule has 0 bridgehead atoms. The molecule has 130 valence electrons. The molecule has 1 fully saturated rings. The summed E-state index contributed by atoms with van der Waals surface area (Å²) in [6, 6.07) is 18.0. The summed E-state index contributed by atoms with van der Waals surface area (Å²) in [5, 5.41) is 1.66. The Bertz CT molecular complexity index is 1010. The van der Waals surface area contributed by atoms with E-state index in [0.717, 1.165) is 36.0 Å². The van der Waals surface area contributed by atoms with Crippen LogP contribution in [0.15, 0.2) is 82.5 Å². The van der Waals surface area contributed by atoms with Gasteiger partial charge in [-0.2, -0.15) is 0 Å². The number of benzene rings is 2. The topological polar surface area (TPSA) is 30.2 Å². The molecule has 0 amide bonds. The molecule has 2 heteroatoms. The molecule has 0 saturated heterocycles. The minimum atomic E-state index is -0.228. The zero-order valence-electron chi connectivity index (χ0n) is 14.7. The summed E-state index contributed by atoms with van der Waals surface area (Å²) >= 11 is 0. The summed E-state index contributed by atoms with van der Waals surface area (Å²) in [6.07, 6.45) is 9.31. The van der Waals surface area contributed by atoms with Crippen LogP contribution in [-0.4, -0.2) is 0 Å². The molecule has 0 N–H and O–H groups in total. The Labute approximate surface area is 153 Å². The van der Waals surface area contributed by atoms with Crippen LogP contribution in [0.3, 0.4) is 0 Å². The Morgan fingerprint density at radius 1 is 1.04 bits per heavy atom. The van der Waals surface area contributed by atoms with Crippen LogP contribution in [0.1, 0.15) is 48.0 Å². The first kappa shape index (κ1) is 16.6. The first-order chi connectivity index (χ1) is 12.8. The van der Waals surface area contributed by atoms with Crippen molar-refractivity contribution in [3.63, 3.8) is 0 Å². The molecule has 0 radical (unpaired) electrons. The van der Waals surface area contributed by atoms with Crippen molar-refractivity contribution in [3.05, 3.63) is 101 Å². The molecule has 1 aromatic heterocycles. The highest BCUT2D eigenvalue weighted by atomic mass is 16.4. The SMILES string of the molecule is C=CC(C/C=C/c1ccccc1)c1c(C2CC2)oc(=O)c2ccccc12. The van der Waals surface area contributed by atoms with Crippen LogP contribution in [0, 0.1) is 0 Å². The summed E-state index contributed by atoms with van der Waals surface area (Å²) in [6.45, 7) is 4.06. The highest BCUT2D eigenvalue weighted by molar-refractivity contribution is 5.86. The van der Waals surface area contributed by atoms with Gasteiger partial charge in [0.2, 0.25) is 0 Å². The molecule has 26 heavy (non-hydrogen) atoms. The van der Waals surface area contributed by atoms with Crippen LogP contribution in [0.25, 0.3) is 16.8 Å². The minimum absolute atomic E-state index is 0.125. The summed E-state index contributed by atoms with van der Waals surface area (Å²) in [5.41, 5.74) is 2.09. The zero-order valence-corrected chi connectivity index (χ0v) is 14.7. The second-order valence-corrected chi connectivity index (χ2v) is 6.88. The smallest absolute Gasteiger partial charge is 0.343 e. The highest BCUT2D eigenvalue weighted by Crippen LogP contribution is 2.45. The van der Waals surface area contributed by atoms with E-state index in [2.05, 4.69) is 30.9 Å². The van der Waals surface area contributed by atoms with E-state index >= 15 is 0 Å². The van der Waals surface area contributed by atoms with Crippen molar-refractivity contribution in [2.24, 2.45) is 0 Å². The number of hydrogen-bond donors (Lipinski definition) is 0. The summed E-state index contributed by atoms with van der Waals surface area (Å²) < 4.78 is 5.77. The van der Waals surface area contributed by atoms with Crippen molar-refractivity contribution in [2.75, 3.05) is 0 Å². The number of rotatable bonds is 6. The maximum atomic E-state index is 12.4. The van der Waals surface area contributed by atoms with Gasteiger partial charge in [-0.25, -0.2) is 4.79 Å². The van der Waals surface area contributed by atoms with E-state index in [-0.39, 0.29) is 11.5 Å². The van der Waals surface area contributed by atoms with E-state index in [1.807, 2.05) is 48.5 Å². The molecular weight excluding hydrogens is 320 g/mol. The van der Waals surface area contributed by atoms with E-state index in [1.54, 1.807) is 0 Å². The van der Waals surface area contributed by atoms with Crippen LogP contribution >= 0.6 is 0 Å². The molecule has 1 aliphatic rings. The third-order valence-corrected chi connectivity index (χ3v) is 5.01. The minimum Gasteiger partial charge on any atom is -0.427 e. The van der Waals surface area contributed by atoms with Crippen molar-refractivity contribution in [1.29, 1.82) is 0 Å². The van der Waals surface area contributed by atoms with E-state index in [4.69, 9.17) is 4.42 Å². The second kappa shape index (κ2) is 7.17. The van der Waals surface area contributed by atoms with Gasteiger partial charge in [-0.3, -0.25) is 0 Å². The third kappa shape index (κ3) is 3.28. The molecule has 0 aliphatic heterocycles. The second-order valence-electron chi connectivity index (χ2n) is 6.88. The molecule has 4 rings (SSSR count). The first-order valence-corrected chi connectivity index (χ1v) is 9.17. The van der Waals surface area contributed by atoms with Crippen molar-refractivity contribution in [1.82, 2.24) is 0 Å². The van der Waals surface area contributed by atoms with Gasteiger partial charge in [0.25, 0.3) is 0 Å². The van der Waals surface area contributed by atoms with Crippen molar-refractivity contribution in [3.8, 4) is 0 Å². The molecule has 3 aromatic rings. The highest BCUT2D eigenvalue weighted by Gasteiger charge is 2.32. The van der Waals surface area contributed by atoms with Crippen LogP contribution in [0.4, 0.5) is 0 Å². The van der Waals surface area contributed by atoms with E-state index in [9.17, 15) is 4.79 Å². The van der Waals surface area contributed by atoms with Crippen LogP contribution < -0.4 is 5.63 Å². The fourth-order valence-corrected chi connectivity index (χ4v) is 3.52. The van der Waals surface area contributed by atoms with Crippen molar-refractivity contribution < 1.29 is 4.42 Å². The Kier molecular flexibility index (Phi) is 4.57. The molecule has 1 saturated carbocycles. The van der Waals surface area contributed by atoms with Gasteiger partial charge in [-0.1, -0.05) is 66.8 Å². The van der Waals surface area contributed by atoms with Gasteiger partial charge < -0.3 is 4.42 Å². The molecule has 2 nitrogen and oxygen atoms in total. The van der Waals surface area contributed by atoms with Gasteiger partial charge in [0.05, 0.1) is 5.39 Å². The fourth-order valence-electron chi connectivity index (χ4n) is 3.52. The molecule has 2 aromatic carbocycles. The lowest BCUT2D eigenvalue weighted by Gasteiger charge is -2.17. The van der Waals surface area contributed by atoms with Crippen LogP contribution in [0.2, 0.25) is 0 Å². The number of allylic oxidation sites excluding steroid dienone is 2. The molecule has 1 atom stereocenters. The molecule has 1 aliphatic carbocycles. The fraction of sp³-hybridized carbons (Fsp3) is 0.208. The van der Waals surface area contributed by atoms with Gasteiger partial charge in [-0.15, -0.1) is 6.58 Å². The Morgan fingerprint density at radius 3 is 2.42 bits per heavy atom. The average molecular weight is 342 g/mol. The Hall–Kier alpha value is -2.87. The van der Waals surface area contributed by atoms with Gasteiger partial charge in [0.1, 0.15) is 5.76 Å². The van der Waals surface area contributed by atoms with Crippen LogP contribution in [0.5, 0.6) is 0 Å². The summed E-state index contributed by atoms with van der Waals surface area (Å²) in [5.74, 6) is 1.37. The normalized spacial score (nSPS) is 15.4. The number of fused-ring (bicyclic) bond motifs is 1. The standard InChI is InChI=1S/C24H22O2/c1-2-18(12-8-11-17-9-4-3-5-10-17)22-20-13-6-7-14-21(20)24(25)26-23(22)19-15-16-19/h2-11,13-14,18-19H,1,12,15-16H2/b11-8+. The van der Waals surface area contributed by atoms with Crippen LogP contribution in [-0.2, 0) is 0 Å². The molecule has 1 heterocycles. The maximum Gasteiger partial charge on any atom is 0.343 e. The van der Waals surface area contributed by atoms with E-state index in [0.29, 0.717) is 11.3 Å². The molecular formula is C24H22O2. The lowest BCUT2D eigenvalue weighted by Crippen LogP contribution is -2.09. The van der Waals surface area contributed by atoms with Crippen molar-refractivity contribution in [2.45, 2.75) is 31.1 Å². The number of hydrogen-bond acceptors (Lipinski definition) is 2. The Balaban J connectivity index is 1.74. The quantitative estimate of drug-likeness (QED) is 0.511. The van der Waals surface area contributed by atoms with E-state index in [1.165, 1.54) is 5.56 Å². The largest absolute Gasteiger partial charge is 0.427 e. The molecule has 0 spiro atoms. The summed E-state index contributed by atoms with van der Waals surface area (Å²) in [4.78, 5) is 12.4. The first-order valence-electron chi connectivity index (χ1n) is 9.17. The van der Waals surface area contributed by atoms with Gasteiger partial charge >= 0.3 is 5.63 Å². The predicted molar refractivity (Wildman–Crippen MR) is 107 cm³/mol. The van der Waals surface area contributed by atoms with E-state index < -0.39 is 0 Å². The monoisotopic (exact) mass is 342 g/mol. The lowest BCUT2D eigenvalue weighted by atomic mass is 9.89. The van der Waals surface area contributed by atoms with Gasteiger partial charge in [-0.05, 0) is 36.3 Å². The summed E-state index contributed by atoms with van der Waals surface area (Å²) in [7, 11) is 0. The predicted octanol–water partition coefficient (Wildman–Crippen LogP) is 6.04. The zero-order chi connectivity index (χ0) is 17.9. The average Bonchev–Trinajstić information content (AvgIpc) is 3.52. The van der Waals surface area contributed by atoms with Crippen molar-refractivity contribution >= 4 is 16.8 Å².